The van der Waals surface area contributed by atoms with E-state index in [1.165, 1.54) is 7.11 Å². The van der Waals surface area contributed by atoms with Gasteiger partial charge in [0.25, 0.3) is 0 Å². The summed E-state index contributed by atoms with van der Waals surface area (Å²) in [5, 5.41) is 22.5. The average molecular weight is 459 g/mol. The lowest BCUT2D eigenvalue weighted by atomic mass is 9.81. The molecule has 0 aliphatic rings. The fraction of sp³-hybridized carbons (Fsp3) is 0.222. The van der Waals surface area contributed by atoms with E-state index in [2.05, 4.69) is 11.2 Å². The van der Waals surface area contributed by atoms with Crippen molar-refractivity contribution in [2.75, 3.05) is 13.7 Å². The van der Waals surface area contributed by atoms with Crippen LogP contribution in [0.5, 0.6) is 11.5 Å². The van der Waals surface area contributed by atoms with Crippen molar-refractivity contribution in [2.45, 2.75) is 25.4 Å². The smallest absolute Gasteiger partial charge is 0.305 e. The van der Waals surface area contributed by atoms with E-state index in [1.54, 1.807) is 31.2 Å². The molecule has 0 aliphatic heterocycles. The zero-order valence-corrected chi connectivity index (χ0v) is 19.1. The number of aliphatic carboxylic acids is 1. The van der Waals surface area contributed by atoms with Crippen LogP contribution in [0.1, 0.15) is 30.0 Å². The Morgan fingerprint density at radius 3 is 2.18 bits per heavy atom. The predicted octanol–water partition coefficient (Wildman–Crippen LogP) is 4.95. The van der Waals surface area contributed by atoms with Crippen LogP contribution in [0.15, 0.2) is 84.0 Å². The molecular weight excluding hydrogens is 432 g/mol. The molecule has 0 aromatic heterocycles. The van der Waals surface area contributed by atoms with Gasteiger partial charge in [-0.3, -0.25) is 4.79 Å². The van der Waals surface area contributed by atoms with Crippen LogP contribution in [0.25, 0.3) is 0 Å². The molecule has 0 bridgehead atoms. The van der Waals surface area contributed by atoms with Crippen LogP contribution in [0.3, 0.4) is 0 Å². The number of carbonyl (C=O) groups is 1. The molecule has 1 N–H and O–H groups in total. The van der Waals surface area contributed by atoms with E-state index in [9.17, 15) is 10.1 Å². The van der Waals surface area contributed by atoms with Gasteiger partial charge in [0.1, 0.15) is 37.5 Å². The van der Waals surface area contributed by atoms with Gasteiger partial charge in [0.05, 0.1) is 17.9 Å². The van der Waals surface area contributed by atoms with Gasteiger partial charge >= 0.3 is 5.97 Å². The highest BCUT2D eigenvalue weighted by atomic mass is 16.6. The number of benzene rings is 3. The van der Waals surface area contributed by atoms with Crippen LogP contribution in [0.2, 0.25) is 0 Å². The highest BCUT2D eigenvalue weighted by Gasteiger charge is 2.29. The molecule has 3 aromatic rings. The summed E-state index contributed by atoms with van der Waals surface area (Å²) in [6.07, 6.45) is -0.262. The Kier molecular flexibility index (Phi) is 8.25. The first-order chi connectivity index (χ1) is 16.4. The van der Waals surface area contributed by atoms with Gasteiger partial charge in [-0.05, 0) is 42.3 Å². The van der Waals surface area contributed by atoms with Crippen molar-refractivity contribution in [2.24, 2.45) is 5.16 Å². The SMILES string of the molecule is CO/N=C(\COc1ccc(COc2ccc(C(C)(C#N)CC(=O)O)cc2)cc1)c1ccccc1. The summed E-state index contributed by atoms with van der Waals surface area (Å²) < 4.78 is 11.7. The maximum absolute atomic E-state index is 11.1. The second-order valence-electron chi connectivity index (χ2n) is 7.85. The molecule has 0 fully saturated rings. The van der Waals surface area contributed by atoms with Gasteiger partial charge in [0, 0.05) is 5.56 Å². The van der Waals surface area contributed by atoms with E-state index in [0.29, 0.717) is 29.4 Å². The van der Waals surface area contributed by atoms with Crippen molar-refractivity contribution in [1.29, 1.82) is 5.26 Å². The molecular formula is C27H26N2O5. The predicted molar refractivity (Wildman–Crippen MR) is 128 cm³/mol. The Hall–Kier alpha value is -4.31. The van der Waals surface area contributed by atoms with Crippen molar-refractivity contribution in [3.63, 3.8) is 0 Å². The molecule has 3 aromatic carbocycles. The second kappa shape index (κ2) is 11.5. The van der Waals surface area contributed by atoms with Crippen molar-refractivity contribution in [3.05, 3.63) is 95.6 Å². The Morgan fingerprint density at radius 2 is 1.59 bits per heavy atom. The van der Waals surface area contributed by atoms with Gasteiger partial charge in [-0.15, -0.1) is 0 Å². The molecule has 3 rings (SSSR count). The summed E-state index contributed by atoms with van der Waals surface area (Å²) in [6.45, 7) is 2.23. The highest BCUT2D eigenvalue weighted by molar-refractivity contribution is 6.01. The van der Waals surface area contributed by atoms with E-state index in [1.807, 2.05) is 54.6 Å². The molecule has 1 atom stereocenters. The topological polar surface area (TPSA) is 101 Å². The highest BCUT2D eigenvalue weighted by Crippen LogP contribution is 2.28. The Bertz CT molecular complexity index is 1150. The van der Waals surface area contributed by atoms with Crippen molar-refractivity contribution < 1.29 is 24.2 Å². The number of carboxylic acids is 1. The summed E-state index contributed by atoms with van der Waals surface area (Å²) in [6, 6.07) is 26.3. The van der Waals surface area contributed by atoms with Crippen LogP contribution in [0, 0.1) is 11.3 Å². The van der Waals surface area contributed by atoms with Gasteiger partial charge in [-0.2, -0.15) is 5.26 Å². The summed E-state index contributed by atoms with van der Waals surface area (Å²) >= 11 is 0. The normalized spacial score (nSPS) is 12.8. The molecule has 0 saturated heterocycles. The molecule has 0 saturated carbocycles. The molecule has 7 nitrogen and oxygen atoms in total. The van der Waals surface area contributed by atoms with E-state index < -0.39 is 11.4 Å². The lowest BCUT2D eigenvalue weighted by Crippen LogP contribution is -2.23. The number of nitrogens with zero attached hydrogens (tertiary/aromatic N) is 2. The average Bonchev–Trinajstić information content (AvgIpc) is 2.86. The van der Waals surface area contributed by atoms with Crippen LogP contribution < -0.4 is 9.47 Å². The number of rotatable bonds is 11. The first-order valence-corrected chi connectivity index (χ1v) is 10.7. The lowest BCUT2D eigenvalue weighted by Gasteiger charge is -2.20. The largest absolute Gasteiger partial charge is 0.489 e. The molecule has 0 spiro atoms. The number of hydrogen-bond donors (Lipinski definition) is 1. The lowest BCUT2D eigenvalue weighted by molar-refractivity contribution is -0.137. The Labute approximate surface area is 198 Å². The summed E-state index contributed by atoms with van der Waals surface area (Å²) in [4.78, 5) is 16.0. The zero-order chi connectivity index (χ0) is 24.4. The molecule has 0 amide bonds. The quantitative estimate of drug-likeness (QED) is 0.322. The third-order valence-corrected chi connectivity index (χ3v) is 5.26. The monoisotopic (exact) mass is 458 g/mol. The minimum Gasteiger partial charge on any atom is -0.489 e. The zero-order valence-electron chi connectivity index (χ0n) is 19.1. The third kappa shape index (κ3) is 6.59. The first kappa shape index (κ1) is 24.3. The van der Waals surface area contributed by atoms with Gasteiger partial charge < -0.3 is 19.4 Å². The minimum absolute atomic E-state index is 0.262. The number of hydrogen-bond acceptors (Lipinski definition) is 6. The Morgan fingerprint density at radius 1 is 0.971 bits per heavy atom. The maximum atomic E-state index is 11.1. The molecule has 0 aliphatic carbocycles. The number of carboxylic acid groups (broad SMARTS) is 1. The molecule has 0 radical (unpaired) electrons. The van der Waals surface area contributed by atoms with E-state index in [4.69, 9.17) is 19.4 Å². The second-order valence-corrected chi connectivity index (χ2v) is 7.85. The number of nitriles is 1. The maximum Gasteiger partial charge on any atom is 0.305 e. The Balaban J connectivity index is 1.55. The number of oxime groups is 1. The van der Waals surface area contributed by atoms with Crippen molar-refractivity contribution in [3.8, 4) is 17.6 Å². The van der Waals surface area contributed by atoms with E-state index in [0.717, 1.165) is 11.1 Å². The summed E-state index contributed by atoms with van der Waals surface area (Å²) in [7, 11) is 1.50. The van der Waals surface area contributed by atoms with Crippen LogP contribution in [-0.2, 0) is 21.7 Å². The van der Waals surface area contributed by atoms with E-state index in [-0.39, 0.29) is 13.0 Å². The summed E-state index contributed by atoms with van der Waals surface area (Å²) in [5.74, 6) is 0.309. The van der Waals surface area contributed by atoms with Crippen molar-refractivity contribution in [1.82, 2.24) is 0 Å². The van der Waals surface area contributed by atoms with Crippen LogP contribution in [0.4, 0.5) is 0 Å². The molecule has 7 heteroatoms. The van der Waals surface area contributed by atoms with Gasteiger partial charge in [-0.1, -0.05) is 59.8 Å². The molecule has 1 unspecified atom stereocenters. The van der Waals surface area contributed by atoms with Gasteiger partial charge in [0.2, 0.25) is 0 Å². The van der Waals surface area contributed by atoms with Gasteiger partial charge in [-0.25, -0.2) is 0 Å². The van der Waals surface area contributed by atoms with Crippen molar-refractivity contribution >= 4 is 11.7 Å². The summed E-state index contributed by atoms with van der Waals surface area (Å²) in [5.41, 5.74) is 2.12. The molecule has 174 valence electrons. The third-order valence-electron chi connectivity index (χ3n) is 5.26. The van der Waals surface area contributed by atoms with Crippen LogP contribution >= 0.6 is 0 Å². The first-order valence-electron chi connectivity index (χ1n) is 10.7. The standard InChI is InChI=1S/C27H26N2O5/c1-27(19-28,16-26(30)31)22-10-14-24(15-11-22)33-17-20-8-12-23(13-9-20)34-18-25(29-32-2)21-6-4-3-5-7-21/h3-15H,16-18H2,1-2H3,(H,30,31)/b29-25+. The number of ether oxygens (including phenoxy) is 2. The van der Waals surface area contributed by atoms with E-state index >= 15 is 0 Å². The fourth-order valence-corrected chi connectivity index (χ4v) is 3.33. The molecule has 34 heavy (non-hydrogen) atoms. The molecule has 0 heterocycles. The minimum atomic E-state index is -1.09. The van der Waals surface area contributed by atoms with Crippen LogP contribution in [-0.4, -0.2) is 30.5 Å². The fourth-order valence-electron chi connectivity index (χ4n) is 3.33. The van der Waals surface area contributed by atoms with Gasteiger partial charge in [0.15, 0.2) is 0 Å².